The third-order valence-electron chi connectivity index (χ3n) is 7.34. The molecule has 10 nitrogen and oxygen atoms in total. The summed E-state index contributed by atoms with van der Waals surface area (Å²) in [5, 5.41) is 0. The second kappa shape index (κ2) is 9.20. The lowest BCUT2D eigenvalue weighted by molar-refractivity contribution is 0.572. The Labute approximate surface area is 242 Å². The van der Waals surface area contributed by atoms with Gasteiger partial charge in [0.05, 0.1) is 35.9 Å². The minimum atomic E-state index is -0.0742. The molecule has 5 aromatic heterocycles. The number of hydrogen-bond donors (Lipinski definition) is 0. The van der Waals surface area contributed by atoms with Crippen molar-refractivity contribution in [3.8, 4) is 22.6 Å². The summed E-state index contributed by atoms with van der Waals surface area (Å²) in [7, 11) is 0. The lowest BCUT2D eigenvalue weighted by Crippen LogP contribution is -2.11. The van der Waals surface area contributed by atoms with Gasteiger partial charge in [-0.1, -0.05) is 41.5 Å². The second-order valence-corrected chi connectivity index (χ2v) is 12.5. The standard InChI is InChI=1S/C32H30N10/c1-31(2,3)23-15-41(17-38-23)20-11-19(12-21(13-20)42-16-24(39-18-42)32(4,5)6)22-14-37-29-27-25(33-7-8-35-27)26-28(30(29)40-22)36-10-9-34-26/h7-18H,1-6H3. The van der Waals surface area contributed by atoms with Crippen LogP contribution in [0.4, 0.5) is 0 Å². The predicted molar refractivity (Wildman–Crippen MR) is 163 cm³/mol. The summed E-state index contributed by atoms with van der Waals surface area (Å²) in [5.74, 6) is 0. The van der Waals surface area contributed by atoms with E-state index in [4.69, 9.17) is 19.9 Å². The minimum Gasteiger partial charge on any atom is -0.306 e. The summed E-state index contributed by atoms with van der Waals surface area (Å²) >= 11 is 0. The molecule has 0 spiro atoms. The van der Waals surface area contributed by atoms with Crippen molar-refractivity contribution in [2.45, 2.75) is 52.4 Å². The molecule has 0 aliphatic rings. The van der Waals surface area contributed by atoms with Crippen LogP contribution in [0.25, 0.3) is 55.7 Å². The third-order valence-corrected chi connectivity index (χ3v) is 7.34. The van der Waals surface area contributed by atoms with E-state index in [-0.39, 0.29) is 10.8 Å². The Hall–Kier alpha value is -5.12. The van der Waals surface area contributed by atoms with Crippen molar-refractivity contribution < 1.29 is 0 Å². The van der Waals surface area contributed by atoms with Gasteiger partial charge in [0.2, 0.25) is 0 Å². The molecule has 2 aromatic carbocycles. The first-order valence-electron chi connectivity index (χ1n) is 13.8. The van der Waals surface area contributed by atoms with E-state index in [1.807, 2.05) is 21.8 Å². The Kier molecular flexibility index (Phi) is 5.66. The largest absolute Gasteiger partial charge is 0.306 e. The first-order valence-corrected chi connectivity index (χ1v) is 13.8. The van der Waals surface area contributed by atoms with Crippen molar-refractivity contribution in [2.24, 2.45) is 0 Å². The Morgan fingerprint density at radius 1 is 0.500 bits per heavy atom. The Morgan fingerprint density at radius 3 is 1.36 bits per heavy atom. The van der Waals surface area contributed by atoms with Gasteiger partial charge in [-0.25, -0.2) is 19.9 Å². The summed E-state index contributed by atoms with van der Waals surface area (Å²) in [6.07, 6.45) is 16.3. The summed E-state index contributed by atoms with van der Waals surface area (Å²) in [6.45, 7) is 13.0. The Balaban J connectivity index is 1.46. The fourth-order valence-corrected chi connectivity index (χ4v) is 4.98. The van der Waals surface area contributed by atoms with Gasteiger partial charge in [0.1, 0.15) is 33.1 Å². The van der Waals surface area contributed by atoms with Crippen LogP contribution >= 0.6 is 0 Å². The van der Waals surface area contributed by atoms with E-state index < -0.39 is 0 Å². The molecule has 0 saturated heterocycles. The first-order chi connectivity index (χ1) is 20.1. The van der Waals surface area contributed by atoms with Crippen LogP contribution in [0.1, 0.15) is 52.9 Å². The van der Waals surface area contributed by atoms with Crippen LogP contribution in [0, 0.1) is 0 Å². The van der Waals surface area contributed by atoms with E-state index in [2.05, 4.69) is 92.1 Å². The van der Waals surface area contributed by atoms with Crippen molar-refractivity contribution in [2.75, 3.05) is 0 Å². The summed E-state index contributed by atoms with van der Waals surface area (Å²) in [6, 6.07) is 6.33. The smallest absolute Gasteiger partial charge is 0.120 e. The minimum absolute atomic E-state index is 0.0742. The van der Waals surface area contributed by atoms with Crippen LogP contribution in [0.5, 0.6) is 0 Å². The maximum atomic E-state index is 5.10. The molecule has 0 aliphatic carbocycles. The van der Waals surface area contributed by atoms with Gasteiger partial charge in [0, 0.05) is 64.9 Å². The molecule has 208 valence electrons. The molecule has 7 rings (SSSR count). The fourth-order valence-electron chi connectivity index (χ4n) is 4.98. The van der Waals surface area contributed by atoms with Gasteiger partial charge in [-0.3, -0.25) is 19.9 Å². The number of fused-ring (bicyclic) bond motifs is 6. The predicted octanol–water partition coefficient (Wildman–Crippen LogP) is 6.15. The topological polar surface area (TPSA) is 113 Å². The average Bonchev–Trinajstić information content (AvgIpc) is 3.68. The molecule has 10 heteroatoms. The molecule has 0 atom stereocenters. The molecule has 0 amide bonds. The molecule has 42 heavy (non-hydrogen) atoms. The van der Waals surface area contributed by atoms with Crippen LogP contribution < -0.4 is 0 Å². The number of benzene rings is 2. The quantitative estimate of drug-likeness (QED) is 0.239. The highest BCUT2D eigenvalue weighted by molar-refractivity contribution is 6.17. The van der Waals surface area contributed by atoms with Crippen LogP contribution in [0.2, 0.25) is 0 Å². The SMILES string of the molecule is CC(C)(C)c1cn(-c2cc(-c3cnc4c5nccnc5c5nccnc5c4n3)cc(-n3cnc(C(C)(C)C)c3)c2)cn1. The van der Waals surface area contributed by atoms with Gasteiger partial charge >= 0.3 is 0 Å². The summed E-state index contributed by atoms with van der Waals surface area (Å²) < 4.78 is 4.10. The maximum absolute atomic E-state index is 5.10. The molecule has 0 N–H and O–H groups in total. The summed E-state index contributed by atoms with van der Waals surface area (Å²) in [4.78, 5) is 37.6. The first kappa shape index (κ1) is 25.8. The van der Waals surface area contributed by atoms with Crippen molar-refractivity contribution in [1.82, 2.24) is 49.0 Å². The number of imidazole rings is 2. The number of hydrogen-bond acceptors (Lipinski definition) is 8. The number of rotatable bonds is 3. The lowest BCUT2D eigenvalue weighted by Gasteiger charge is -2.15. The fraction of sp³-hybridized carbons (Fsp3) is 0.250. The highest BCUT2D eigenvalue weighted by Crippen LogP contribution is 2.32. The normalized spacial score (nSPS) is 12.5. The van der Waals surface area contributed by atoms with Crippen molar-refractivity contribution in [3.05, 3.63) is 85.6 Å². The van der Waals surface area contributed by atoms with Crippen LogP contribution in [-0.4, -0.2) is 49.0 Å². The zero-order valence-electron chi connectivity index (χ0n) is 24.4. The van der Waals surface area contributed by atoms with Crippen LogP contribution in [-0.2, 0) is 10.8 Å². The Bertz CT molecular complexity index is 2020. The second-order valence-electron chi connectivity index (χ2n) is 12.5. The van der Waals surface area contributed by atoms with E-state index >= 15 is 0 Å². The molecule has 0 saturated carbocycles. The van der Waals surface area contributed by atoms with Crippen molar-refractivity contribution >= 4 is 33.1 Å². The highest BCUT2D eigenvalue weighted by atomic mass is 15.1. The van der Waals surface area contributed by atoms with Crippen LogP contribution in [0.15, 0.2) is 74.2 Å². The maximum Gasteiger partial charge on any atom is 0.120 e. The number of nitrogens with zero attached hydrogens (tertiary/aromatic N) is 10. The van der Waals surface area contributed by atoms with Gasteiger partial charge in [-0.2, -0.15) is 0 Å². The van der Waals surface area contributed by atoms with Gasteiger partial charge in [-0.15, -0.1) is 0 Å². The zero-order valence-corrected chi connectivity index (χ0v) is 24.4. The highest BCUT2D eigenvalue weighted by Gasteiger charge is 2.20. The van der Waals surface area contributed by atoms with Gasteiger partial charge in [0.25, 0.3) is 0 Å². The summed E-state index contributed by atoms with van der Waals surface area (Å²) in [5.41, 5.74) is 9.23. The van der Waals surface area contributed by atoms with Crippen molar-refractivity contribution in [3.63, 3.8) is 0 Å². The molecule has 5 heterocycles. The van der Waals surface area contributed by atoms with E-state index in [1.165, 1.54) is 0 Å². The molecule has 7 aromatic rings. The van der Waals surface area contributed by atoms with Crippen molar-refractivity contribution in [1.29, 1.82) is 0 Å². The molecule has 0 unspecified atom stereocenters. The lowest BCUT2D eigenvalue weighted by atomic mass is 9.93. The van der Waals surface area contributed by atoms with E-state index in [1.54, 1.807) is 31.0 Å². The van der Waals surface area contributed by atoms with Gasteiger partial charge < -0.3 is 9.13 Å². The van der Waals surface area contributed by atoms with E-state index in [0.29, 0.717) is 38.8 Å². The number of aromatic nitrogens is 10. The average molecular weight is 555 g/mol. The van der Waals surface area contributed by atoms with E-state index in [0.717, 1.165) is 28.3 Å². The van der Waals surface area contributed by atoms with Crippen LogP contribution in [0.3, 0.4) is 0 Å². The molecule has 0 fully saturated rings. The molecule has 0 aliphatic heterocycles. The third kappa shape index (κ3) is 4.36. The Morgan fingerprint density at radius 2 is 0.929 bits per heavy atom. The monoisotopic (exact) mass is 554 g/mol. The van der Waals surface area contributed by atoms with Gasteiger partial charge in [-0.05, 0) is 18.2 Å². The van der Waals surface area contributed by atoms with Gasteiger partial charge in [0.15, 0.2) is 0 Å². The molecule has 0 bridgehead atoms. The molecular formula is C32H30N10. The molecule has 0 radical (unpaired) electrons. The molecular weight excluding hydrogens is 524 g/mol. The zero-order chi connectivity index (χ0) is 29.2. The van der Waals surface area contributed by atoms with E-state index in [9.17, 15) is 0 Å².